The van der Waals surface area contributed by atoms with Gasteiger partial charge in [-0.05, 0) is 30.3 Å². The van der Waals surface area contributed by atoms with Gasteiger partial charge in [0, 0.05) is 0 Å². The quantitative estimate of drug-likeness (QED) is 0.794. The lowest BCUT2D eigenvalue weighted by atomic mass is 10.2. The Morgan fingerprint density at radius 3 is 2.41 bits per heavy atom. The van der Waals surface area contributed by atoms with Crippen molar-refractivity contribution in [1.29, 1.82) is 0 Å². The molecular formula is C13H11NO3. The molecule has 0 heterocycles. The van der Waals surface area contributed by atoms with Crippen molar-refractivity contribution in [3.8, 4) is 11.5 Å². The van der Waals surface area contributed by atoms with Gasteiger partial charge in [0.05, 0.1) is 11.3 Å². The Balaban J connectivity index is 2.26. The van der Waals surface area contributed by atoms with Gasteiger partial charge in [-0.3, -0.25) is 0 Å². The number of benzene rings is 2. The fourth-order valence-electron chi connectivity index (χ4n) is 1.39. The summed E-state index contributed by atoms with van der Waals surface area (Å²) in [5, 5.41) is 8.79. The van der Waals surface area contributed by atoms with E-state index in [0.29, 0.717) is 17.2 Å². The molecule has 0 aromatic heterocycles. The SMILES string of the molecule is Nc1cc(C(=O)O)ccc1Oc1ccccc1. The van der Waals surface area contributed by atoms with Crippen LogP contribution in [0.25, 0.3) is 0 Å². The average molecular weight is 229 g/mol. The van der Waals surface area contributed by atoms with Gasteiger partial charge in [0.15, 0.2) is 0 Å². The summed E-state index contributed by atoms with van der Waals surface area (Å²) in [6.07, 6.45) is 0. The van der Waals surface area contributed by atoms with Crippen molar-refractivity contribution in [3.05, 3.63) is 54.1 Å². The maximum atomic E-state index is 10.7. The number of carboxylic acid groups (broad SMARTS) is 1. The Kier molecular flexibility index (Phi) is 2.96. The molecule has 3 N–H and O–H groups in total. The van der Waals surface area contributed by atoms with Crippen LogP contribution in [0.15, 0.2) is 48.5 Å². The molecule has 2 aromatic rings. The molecule has 4 nitrogen and oxygen atoms in total. The highest BCUT2D eigenvalue weighted by Gasteiger charge is 2.07. The van der Waals surface area contributed by atoms with Crippen LogP contribution in [-0.2, 0) is 0 Å². The van der Waals surface area contributed by atoms with Gasteiger partial charge in [-0.25, -0.2) is 4.79 Å². The lowest BCUT2D eigenvalue weighted by molar-refractivity contribution is 0.0697. The number of para-hydroxylation sites is 1. The van der Waals surface area contributed by atoms with E-state index in [2.05, 4.69) is 0 Å². The van der Waals surface area contributed by atoms with Gasteiger partial charge in [-0.1, -0.05) is 18.2 Å². The van der Waals surface area contributed by atoms with Gasteiger partial charge in [0.2, 0.25) is 0 Å². The molecule has 0 bridgehead atoms. The summed E-state index contributed by atoms with van der Waals surface area (Å²) in [6.45, 7) is 0. The lowest BCUT2D eigenvalue weighted by Crippen LogP contribution is -1.99. The molecule has 0 aliphatic heterocycles. The van der Waals surface area contributed by atoms with Crippen molar-refractivity contribution in [3.63, 3.8) is 0 Å². The summed E-state index contributed by atoms with van der Waals surface area (Å²) in [4.78, 5) is 10.7. The number of carboxylic acids is 1. The highest BCUT2D eigenvalue weighted by molar-refractivity contribution is 5.89. The Morgan fingerprint density at radius 2 is 1.82 bits per heavy atom. The van der Waals surface area contributed by atoms with Crippen molar-refractivity contribution in [2.75, 3.05) is 5.73 Å². The molecule has 0 atom stereocenters. The standard InChI is InChI=1S/C13H11NO3/c14-11-8-9(13(15)16)6-7-12(11)17-10-4-2-1-3-5-10/h1-8H,14H2,(H,15,16). The largest absolute Gasteiger partial charge is 0.478 e. The number of nitrogens with two attached hydrogens (primary N) is 1. The highest BCUT2D eigenvalue weighted by atomic mass is 16.5. The van der Waals surface area contributed by atoms with E-state index in [-0.39, 0.29) is 5.56 Å². The van der Waals surface area contributed by atoms with Gasteiger partial charge >= 0.3 is 5.97 Å². The van der Waals surface area contributed by atoms with Gasteiger partial charge in [0.25, 0.3) is 0 Å². The van der Waals surface area contributed by atoms with E-state index < -0.39 is 5.97 Å². The highest BCUT2D eigenvalue weighted by Crippen LogP contribution is 2.27. The normalized spacial score (nSPS) is 9.88. The first kappa shape index (κ1) is 11.0. The molecule has 2 aromatic carbocycles. The summed E-state index contributed by atoms with van der Waals surface area (Å²) in [7, 11) is 0. The van der Waals surface area contributed by atoms with Crippen LogP contribution in [0.5, 0.6) is 11.5 Å². The summed E-state index contributed by atoms with van der Waals surface area (Å²) in [5.74, 6) is 0.0893. The predicted octanol–water partition coefficient (Wildman–Crippen LogP) is 2.76. The molecule has 0 amide bonds. The maximum absolute atomic E-state index is 10.7. The van der Waals surface area contributed by atoms with Crippen LogP contribution in [0.3, 0.4) is 0 Å². The van der Waals surface area contributed by atoms with E-state index in [4.69, 9.17) is 15.6 Å². The zero-order chi connectivity index (χ0) is 12.3. The molecule has 2 rings (SSSR count). The van der Waals surface area contributed by atoms with E-state index in [1.54, 1.807) is 18.2 Å². The monoisotopic (exact) mass is 229 g/mol. The van der Waals surface area contributed by atoms with Gasteiger partial charge in [-0.15, -0.1) is 0 Å². The van der Waals surface area contributed by atoms with Crippen molar-refractivity contribution < 1.29 is 14.6 Å². The fourth-order valence-corrected chi connectivity index (χ4v) is 1.39. The minimum absolute atomic E-state index is 0.142. The van der Waals surface area contributed by atoms with Gasteiger partial charge in [0.1, 0.15) is 11.5 Å². The van der Waals surface area contributed by atoms with Crippen LogP contribution in [0, 0.1) is 0 Å². The Morgan fingerprint density at radius 1 is 1.12 bits per heavy atom. The van der Waals surface area contributed by atoms with Gasteiger partial charge in [-0.2, -0.15) is 0 Å². The van der Waals surface area contributed by atoms with E-state index >= 15 is 0 Å². The van der Waals surface area contributed by atoms with Crippen molar-refractivity contribution >= 4 is 11.7 Å². The zero-order valence-electron chi connectivity index (χ0n) is 8.96. The fraction of sp³-hybridized carbons (Fsp3) is 0. The second-order valence-corrected chi connectivity index (χ2v) is 3.47. The molecule has 0 spiro atoms. The number of hydrogen-bond donors (Lipinski definition) is 2. The van der Waals surface area contributed by atoms with E-state index in [9.17, 15) is 4.79 Å². The number of nitrogen functional groups attached to an aromatic ring is 1. The second kappa shape index (κ2) is 4.57. The minimum atomic E-state index is -1.01. The Hall–Kier alpha value is -2.49. The molecule has 0 aliphatic carbocycles. The number of carbonyl (C=O) groups is 1. The Labute approximate surface area is 98.3 Å². The number of rotatable bonds is 3. The summed E-state index contributed by atoms with van der Waals surface area (Å²) in [6, 6.07) is 13.5. The summed E-state index contributed by atoms with van der Waals surface area (Å²) in [5.41, 5.74) is 6.16. The van der Waals surface area contributed by atoms with Crippen LogP contribution in [-0.4, -0.2) is 11.1 Å². The van der Waals surface area contributed by atoms with Crippen LogP contribution in [0.2, 0.25) is 0 Å². The molecule has 17 heavy (non-hydrogen) atoms. The third-order valence-electron chi connectivity index (χ3n) is 2.23. The first-order valence-corrected chi connectivity index (χ1v) is 5.02. The molecule has 0 fully saturated rings. The van der Waals surface area contributed by atoms with Crippen LogP contribution < -0.4 is 10.5 Å². The molecule has 86 valence electrons. The zero-order valence-corrected chi connectivity index (χ0v) is 8.96. The average Bonchev–Trinajstić information content (AvgIpc) is 2.33. The molecule has 0 saturated heterocycles. The number of anilines is 1. The third-order valence-corrected chi connectivity index (χ3v) is 2.23. The summed E-state index contributed by atoms with van der Waals surface area (Å²) < 4.78 is 5.53. The first-order valence-electron chi connectivity index (χ1n) is 5.02. The van der Waals surface area contributed by atoms with Crippen molar-refractivity contribution in [2.45, 2.75) is 0 Å². The number of aromatic carboxylic acids is 1. The lowest BCUT2D eigenvalue weighted by Gasteiger charge is -2.08. The predicted molar refractivity (Wildman–Crippen MR) is 64.3 cm³/mol. The molecular weight excluding hydrogens is 218 g/mol. The minimum Gasteiger partial charge on any atom is -0.478 e. The van der Waals surface area contributed by atoms with E-state index in [0.717, 1.165) is 0 Å². The van der Waals surface area contributed by atoms with Crippen molar-refractivity contribution in [2.24, 2.45) is 0 Å². The molecule has 0 radical (unpaired) electrons. The molecule has 0 aliphatic rings. The number of hydrogen-bond acceptors (Lipinski definition) is 3. The number of ether oxygens (including phenoxy) is 1. The maximum Gasteiger partial charge on any atom is 0.335 e. The van der Waals surface area contributed by atoms with E-state index in [1.165, 1.54) is 12.1 Å². The van der Waals surface area contributed by atoms with Crippen molar-refractivity contribution in [1.82, 2.24) is 0 Å². The molecule has 0 saturated carbocycles. The topological polar surface area (TPSA) is 72.6 Å². The molecule has 4 heteroatoms. The van der Waals surface area contributed by atoms with Crippen LogP contribution >= 0.6 is 0 Å². The van der Waals surface area contributed by atoms with Crippen LogP contribution in [0.1, 0.15) is 10.4 Å². The smallest absolute Gasteiger partial charge is 0.335 e. The summed E-state index contributed by atoms with van der Waals surface area (Å²) >= 11 is 0. The van der Waals surface area contributed by atoms with Gasteiger partial charge < -0.3 is 15.6 Å². The molecule has 0 unspecified atom stereocenters. The van der Waals surface area contributed by atoms with Crippen LogP contribution in [0.4, 0.5) is 5.69 Å². The third kappa shape index (κ3) is 2.55. The Bertz CT molecular complexity index is 538. The first-order chi connectivity index (χ1) is 8.16. The second-order valence-electron chi connectivity index (χ2n) is 3.47. The van der Waals surface area contributed by atoms with E-state index in [1.807, 2.05) is 18.2 Å².